The van der Waals surface area contributed by atoms with Crippen LogP contribution in [-0.2, 0) is 9.53 Å². The number of fused-ring (bicyclic) bond motifs is 1. The van der Waals surface area contributed by atoms with E-state index in [1.54, 1.807) is 18.2 Å². The molecule has 0 spiro atoms. The van der Waals surface area contributed by atoms with Crippen LogP contribution in [0, 0.1) is 0 Å². The predicted octanol–water partition coefficient (Wildman–Crippen LogP) is -0.355. The molecule has 1 heterocycles. The van der Waals surface area contributed by atoms with Crippen LogP contribution in [0.1, 0.15) is 10.4 Å². The van der Waals surface area contributed by atoms with E-state index in [1.807, 2.05) is 5.43 Å². The highest BCUT2D eigenvalue weighted by atomic mass is 16.5. The first-order chi connectivity index (χ1) is 9.15. The van der Waals surface area contributed by atoms with Crippen molar-refractivity contribution in [3.05, 3.63) is 23.8 Å². The number of hydrazine groups is 1. The molecule has 0 bridgehead atoms. The largest absolute Gasteiger partial charge is 0.485 e. The van der Waals surface area contributed by atoms with E-state index in [0.29, 0.717) is 17.1 Å². The number of carbonyl (C=O) groups is 2. The van der Waals surface area contributed by atoms with Crippen LogP contribution in [0.25, 0.3) is 0 Å². The smallest absolute Gasteiger partial charge is 0.277 e. The van der Waals surface area contributed by atoms with Crippen LogP contribution in [0.4, 0.5) is 0 Å². The van der Waals surface area contributed by atoms with Crippen LogP contribution in [0.15, 0.2) is 18.2 Å². The van der Waals surface area contributed by atoms with E-state index in [0.717, 1.165) is 0 Å². The van der Waals surface area contributed by atoms with Gasteiger partial charge in [0, 0.05) is 13.2 Å². The van der Waals surface area contributed by atoms with Gasteiger partial charge in [-0.25, -0.2) is 5.84 Å². The summed E-state index contributed by atoms with van der Waals surface area (Å²) in [5, 5.41) is 0. The Kier molecular flexibility index (Phi) is 3.98. The minimum Gasteiger partial charge on any atom is -0.485 e. The molecule has 1 aliphatic rings. The number of ketones is 1. The van der Waals surface area contributed by atoms with Gasteiger partial charge in [0.2, 0.25) is 11.9 Å². The summed E-state index contributed by atoms with van der Waals surface area (Å²) in [5.41, 5.74) is 2.51. The summed E-state index contributed by atoms with van der Waals surface area (Å²) in [6, 6.07) is 4.76. The molecule has 1 aliphatic heterocycles. The van der Waals surface area contributed by atoms with E-state index in [-0.39, 0.29) is 19.0 Å². The van der Waals surface area contributed by atoms with E-state index in [1.165, 1.54) is 7.11 Å². The van der Waals surface area contributed by atoms with Gasteiger partial charge in [0.1, 0.15) is 11.5 Å². The molecular weight excluding hydrogens is 252 g/mol. The van der Waals surface area contributed by atoms with Crippen LogP contribution < -0.4 is 20.7 Å². The Hall–Kier alpha value is -2.12. The molecule has 0 saturated heterocycles. The fourth-order valence-corrected chi connectivity index (χ4v) is 1.72. The highest BCUT2D eigenvalue weighted by molar-refractivity contribution is 6.02. The molecular formula is C12H14N2O5. The summed E-state index contributed by atoms with van der Waals surface area (Å²) < 4.78 is 15.5. The third kappa shape index (κ3) is 2.83. The van der Waals surface area contributed by atoms with Gasteiger partial charge in [-0.05, 0) is 12.1 Å². The Morgan fingerprint density at radius 3 is 3.05 bits per heavy atom. The molecule has 0 aromatic heterocycles. The van der Waals surface area contributed by atoms with Gasteiger partial charge in [-0.3, -0.25) is 15.0 Å². The van der Waals surface area contributed by atoms with Gasteiger partial charge in [-0.1, -0.05) is 0 Å². The van der Waals surface area contributed by atoms with Crippen molar-refractivity contribution >= 4 is 11.7 Å². The average molecular weight is 266 g/mol. The Balaban J connectivity index is 2.14. The number of hydrogen-bond donors (Lipinski definition) is 2. The molecule has 7 nitrogen and oxygen atoms in total. The zero-order valence-electron chi connectivity index (χ0n) is 10.3. The maximum atomic E-state index is 11.5. The number of Topliss-reactive ketones (excluding diaryl/α,β-unsaturated/α-hetero) is 1. The molecule has 1 aromatic rings. The molecule has 1 amide bonds. The summed E-state index contributed by atoms with van der Waals surface area (Å²) in [7, 11) is 1.45. The third-order valence-corrected chi connectivity index (χ3v) is 2.64. The zero-order chi connectivity index (χ0) is 13.8. The molecule has 3 N–H and O–H groups in total. The van der Waals surface area contributed by atoms with E-state index < -0.39 is 12.0 Å². The number of hydrogen-bond acceptors (Lipinski definition) is 6. The number of nitrogens with one attached hydrogen (secondary N) is 1. The molecule has 102 valence electrons. The lowest BCUT2D eigenvalue weighted by Crippen LogP contribution is -2.44. The van der Waals surface area contributed by atoms with E-state index >= 15 is 0 Å². The van der Waals surface area contributed by atoms with Crippen LogP contribution in [0.5, 0.6) is 11.5 Å². The van der Waals surface area contributed by atoms with Crippen LogP contribution in [0.3, 0.4) is 0 Å². The lowest BCUT2D eigenvalue weighted by Gasteiger charge is -2.16. The second-order valence-corrected chi connectivity index (χ2v) is 3.94. The summed E-state index contributed by atoms with van der Waals surface area (Å²) in [6.07, 6.45) is -0.870. The third-order valence-electron chi connectivity index (χ3n) is 2.64. The average Bonchev–Trinajstić information content (AvgIpc) is 2.78. The molecule has 0 saturated carbocycles. The van der Waals surface area contributed by atoms with Crippen molar-refractivity contribution in [2.45, 2.75) is 6.10 Å². The second-order valence-electron chi connectivity index (χ2n) is 3.94. The minimum atomic E-state index is -0.870. The summed E-state index contributed by atoms with van der Waals surface area (Å²) >= 11 is 0. The van der Waals surface area contributed by atoms with Crippen molar-refractivity contribution in [2.24, 2.45) is 5.84 Å². The first kappa shape index (κ1) is 13.3. The van der Waals surface area contributed by atoms with Crippen molar-refractivity contribution in [1.29, 1.82) is 0 Å². The Labute approximate surface area is 109 Å². The molecule has 1 atom stereocenters. The van der Waals surface area contributed by atoms with Gasteiger partial charge < -0.3 is 14.2 Å². The van der Waals surface area contributed by atoms with Crippen molar-refractivity contribution in [3.63, 3.8) is 0 Å². The maximum Gasteiger partial charge on any atom is 0.277 e. The van der Waals surface area contributed by atoms with Gasteiger partial charge >= 0.3 is 0 Å². The Morgan fingerprint density at radius 1 is 1.58 bits per heavy atom. The Morgan fingerprint density at radius 2 is 2.37 bits per heavy atom. The fraction of sp³-hybridized carbons (Fsp3) is 0.333. The summed E-state index contributed by atoms with van der Waals surface area (Å²) in [5.74, 6) is 5.34. The normalized spacial score (nSPS) is 14.5. The van der Waals surface area contributed by atoms with E-state index in [9.17, 15) is 9.59 Å². The number of nitrogens with two attached hydrogens (primary N) is 1. The molecule has 19 heavy (non-hydrogen) atoms. The topological polar surface area (TPSA) is 99.9 Å². The summed E-state index contributed by atoms with van der Waals surface area (Å²) in [6.45, 7) is 0.0868. The molecule has 0 radical (unpaired) electrons. The standard InChI is InChI=1S/C12H14N2O5/c1-17-6-11(12(16)14-13)19-7-2-3-8-9(15)5-18-10(8)4-7/h2-4,11H,5-6,13H2,1H3,(H,14,16). The quantitative estimate of drug-likeness (QED) is 0.429. The first-order valence-electron chi connectivity index (χ1n) is 5.61. The Bertz CT molecular complexity index is 503. The lowest BCUT2D eigenvalue weighted by molar-refractivity contribution is -0.130. The number of carbonyl (C=O) groups excluding carboxylic acids is 2. The van der Waals surface area contributed by atoms with Gasteiger partial charge in [0.15, 0.2) is 6.61 Å². The van der Waals surface area contributed by atoms with Gasteiger partial charge in [-0.2, -0.15) is 0 Å². The van der Waals surface area contributed by atoms with Gasteiger partial charge in [0.05, 0.1) is 12.2 Å². The van der Waals surface area contributed by atoms with E-state index in [4.69, 9.17) is 20.1 Å². The monoisotopic (exact) mass is 266 g/mol. The number of amides is 1. The highest BCUT2D eigenvalue weighted by Crippen LogP contribution is 2.29. The second kappa shape index (κ2) is 5.68. The minimum absolute atomic E-state index is 0.0313. The first-order valence-corrected chi connectivity index (χ1v) is 5.61. The highest BCUT2D eigenvalue weighted by Gasteiger charge is 2.24. The molecule has 2 rings (SSSR count). The number of ether oxygens (including phenoxy) is 3. The van der Waals surface area contributed by atoms with Crippen LogP contribution >= 0.6 is 0 Å². The molecule has 1 unspecified atom stereocenters. The van der Waals surface area contributed by atoms with Crippen molar-refractivity contribution in [1.82, 2.24) is 5.43 Å². The molecule has 1 aromatic carbocycles. The summed E-state index contributed by atoms with van der Waals surface area (Å²) in [4.78, 5) is 22.9. The molecule has 0 aliphatic carbocycles. The number of methoxy groups -OCH3 is 1. The van der Waals surface area contributed by atoms with Crippen LogP contribution in [0.2, 0.25) is 0 Å². The van der Waals surface area contributed by atoms with Crippen molar-refractivity contribution in [3.8, 4) is 11.5 Å². The van der Waals surface area contributed by atoms with Crippen molar-refractivity contribution < 1.29 is 23.8 Å². The van der Waals surface area contributed by atoms with Gasteiger partial charge in [-0.15, -0.1) is 0 Å². The van der Waals surface area contributed by atoms with E-state index in [2.05, 4.69) is 0 Å². The van der Waals surface area contributed by atoms with Gasteiger partial charge in [0.25, 0.3) is 5.91 Å². The van der Waals surface area contributed by atoms with Crippen LogP contribution in [-0.4, -0.2) is 38.1 Å². The zero-order valence-corrected chi connectivity index (χ0v) is 10.3. The lowest BCUT2D eigenvalue weighted by atomic mass is 10.1. The molecule has 0 fully saturated rings. The predicted molar refractivity (Wildman–Crippen MR) is 64.9 cm³/mol. The fourth-order valence-electron chi connectivity index (χ4n) is 1.72. The molecule has 7 heteroatoms. The SMILES string of the molecule is COCC(Oc1ccc2c(c1)OCC2=O)C(=O)NN. The van der Waals surface area contributed by atoms with Crippen molar-refractivity contribution in [2.75, 3.05) is 20.3 Å². The number of benzene rings is 1. The number of rotatable bonds is 5. The maximum absolute atomic E-state index is 11.5.